The molecule has 1 unspecified atom stereocenters. The number of amides is 1. The van der Waals surface area contributed by atoms with Crippen molar-refractivity contribution in [3.8, 4) is 0 Å². The minimum Gasteiger partial charge on any atom is -0.463 e. The molecule has 24 heavy (non-hydrogen) atoms. The minimum absolute atomic E-state index is 0.0175. The quantitative estimate of drug-likeness (QED) is 0.743. The van der Waals surface area contributed by atoms with Crippen molar-refractivity contribution < 1.29 is 13.9 Å². The number of hydrogen-bond donors (Lipinski definition) is 0. The molecule has 1 aliphatic heterocycles. The van der Waals surface area contributed by atoms with Crippen molar-refractivity contribution in [3.63, 3.8) is 0 Å². The molecule has 0 N–H and O–H groups in total. The number of carbonyl (C=O) groups is 1. The number of furan rings is 1. The molecule has 3 heterocycles. The fourth-order valence-electron chi connectivity index (χ4n) is 3.07. The van der Waals surface area contributed by atoms with Gasteiger partial charge in [-0.1, -0.05) is 18.2 Å². The van der Waals surface area contributed by atoms with Gasteiger partial charge in [0.15, 0.2) is 0 Å². The van der Waals surface area contributed by atoms with E-state index >= 15 is 0 Å². The number of aryl methyl sites for hydroxylation is 1. The summed E-state index contributed by atoms with van der Waals surface area (Å²) in [6.45, 7) is 4.47. The van der Waals surface area contributed by atoms with Crippen LogP contribution in [-0.4, -0.2) is 40.3 Å². The summed E-state index contributed by atoms with van der Waals surface area (Å²) in [5.74, 6) is -0.0175. The van der Waals surface area contributed by atoms with E-state index in [1.54, 1.807) is 6.26 Å². The monoisotopic (exact) mass is 325 g/mol. The zero-order chi connectivity index (χ0) is 16.5. The van der Waals surface area contributed by atoms with E-state index in [0.717, 1.165) is 23.1 Å². The van der Waals surface area contributed by atoms with Gasteiger partial charge in [0.1, 0.15) is 18.0 Å². The Labute approximate surface area is 139 Å². The largest absolute Gasteiger partial charge is 0.463 e. The van der Waals surface area contributed by atoms with Gasteiger partial charge in [0.25, 0.3) is 5.91 Å². The van der Waals surface area contributed by atoms with Crippen LogP contribution < -0.4 is 0 Å². The molecule has 0 spiro atoms. The number of aromatic nitrogens is 2. The van der Waals surface area contributed by atoms with E-state index in [0.29, 0.717) is 25.3 Å². The van der Waals surface area contributed by atoms with Crippen molar-refractivity contribution >= 4 is 16.9 Å². The Morgan fingerprint density at radius 3 is 3.08 bits per heavy atom. The number of ether oxygens (including phenoxy) is 1. The number of carbonyl (C=O) groups excluding carboxylic acids is 1. The first-order valence-electron chi connectivity index (χ1n) is 8.15. The van der Waals surface area contributed by atoms with Crippen LogP contribution in [0.3, 0.4) is 0 Å². The standard InChI is InChI=1S/C18H19N3O3/c1-2-21-10-13(9-19-21)17-11-20(7-8-23-17)18(22)15-12-24-16-6-4-3-5-14(15)16/h3-6,9-10,12,17H,2,7-8,11H2,1H3. The lowest BCUT2D eigenvalue weighted by atomic mass is 10.1. The number of rotatable bonds is 3. The molecule has 0 radical (unpaired) electrons. The lowest BCUT2D eigenvalue weighted by Gasteiger charge is -2.32. The summed E-state index contributed by atoms with van der Waals surface area (Å²) in [6, 6.07) is 7.59. The molecule has 124 valence electrons. The van der Waals surface area contributed by atoms with Crippen LogP contribution in [0.2, 0.25) is 0 Å². The van der Waals surface area contributed by atoms with Crippen LogP contribution in [0, 0.1) is 0 Å². The SMILES string of the molecule is CCn1cc(C2CN(C(=O)c3coc4ccccc34)CCO2)cn1. The Kier molecular flexibility index (Phi) is 3.82. The van der Waals surface area contributed by atoms with Gasteiger partial charge in [-0.3, -0.25) is 9.48 Å². The minimum atomic E-state index is -0.138. The van der Waals surface area contributed by atoms with Crippen LogP contribution in [0.25, 0.3) is 11.0 Å². The number of morpholine rings is 1. The maximum absolute atomic E-state index is 12.9. The van der Waals surface area contributed by atoms with Crippen LogP contribution in [0.1, 0.15) is 28.9 Å². The predicted octanol–water partition coefficient (Wildman–Crippen LogP) is 2.86. The molecular weight excluding hydrogens is 306 g/mol. The molecule has 1 atom stereocenters. The molecule has 1 fully saturated rings. The van der Waals surface area contributed by atoms with Crippen LogP contribution in [0.4, 0.5) is 0 Å². The van der Waals surface area contributed by atoms with E-state index in [9.17, 15) is 4.79 Å². The van der Waals surface area contributed by atoms with Gasteiger partial charge in [-0.25, -0.2) is 0 Å². The highest BCUT2D eigenvalue weighted by atomic mass is 16.5. The van der Waals surface area contributed by atoms with E-state index in [2.05, 4.69) is 5.10 Å². The topological polar surface area (TPSA) is 60.5 Å². The number of fused-ring (bicyclic) bond motifs is 1. The second-order valence-electron chi connectivity index (χ2n) is 5.89. The second-order valence-corrected chi connectivity index (χ2v) is 5.89. The number of benzene rings is 1. The molecule has 1 aliphatic rings. The Morgan fingerprint density at radius 2 is 2.25 bits per heavy atom. The zero-order valence-corrected chi connectivity index (χ0v) is 13.5. The van der Waals surface area contributed by atoms with Crippen molar-refractivity contribution in [1.29, 1.82) is 0 Å². The molecule has 6 nitrogen and oxygen atoms in total. The number of hydrogen-bond acceptors (Lipinski definition) is 4. The van der Waals surface area contributed by atoms with Gasteiger partial charge in [0.05, 0.1) is 24.9 Å². The average molecular weight is 325 g/mol. The molecule has 1 amide bonds. The molecule has 0 saturated carbocycles. The molecule has 1 aromatic carbocycles. The smallest absolute Gasteiger partial charge is 0.257 e. The van der Waals surface area contributed by atoms with Crippen LogP contribution in [0.15, 0.2) is 47.3 Å². The van der Waals surface area contributed by atoms with Crippen molar-refractivity contribution in [2.24, 2.45) is 0 Å². The fourth-order valence-corrected chi connectivity index (χ4v) is 3.07. The summed E-state index contributed by atoms with van der Waals surface area (Å²) in [5.41, 5.74) is 2.34. The summed E-state index contributed by atoms with van der Waals surface area (Å²) in [7, 11) is 0. The molecule has 2 aromatic heterocycles. The maximum Gasteiger partial charge on any atom is 0.257 e. The molecule has 4 rings (SSSR count). The van der Waals surface area contributed by atoms with E-state index in [-0.39, 0.29) is 12.0 Å². The third-order valence-electron chi connectivity index (χ3n) is 4.41. The lowest BCUT2D eigenvalue weighted by Crippen LogP contribution is -2.42. The van der Waals surface area contributed by atoms with E-state index in [1.165, 1.54) is 0 Å². The van der Waals surface area contributed by atoms with E-state index < -0.39 is 0 Å². The number of para-hydroxylation sites is 1. The first-order chi connectivity index (χ1) is 11.8. The van der Waals surface area contributed by atoms with Crippen LogP contribution >= 0.6 is 0 Å². The summed E-state index contributed by atoms with van der Waals surface area (Å²) in [4.78, 5) is 14.7. The van der Waals surface area contributed by atoms with Gasteiger partial charge < -0.3 is 14.1 Å². The molecule has 0 aliphatic carbocycles. The van der Waals surface area contributed by atoms with Gasteiger partial charge in [0.2, 0.25) is 0 Å². The van der Waals surface area contributed by atoms with Gasteiger partial charge in [-0.2, -0.15) is 5.10 Å². The lowest BCUT2D eigenvalue weighted by molar-refractivity contribution is -0.0228. The second kappa shape index (κ2) is 6.13. The third kappa shape index (κ3) is 2.59. The maximum atomic E-state index is 12.9. The molecule has 6 heteroatoms. The highest BCUT2D eigenvalue weighted by Crippen LogP contribution is 2.26. The van der Waals surface area contributed by atoms with Crippen molar-refractivity contribution in [3.05, 3.63) is 54.0 Å². The van der Waals surface area contributed by atoms with Gasteiger partial charge in [-0.05, 0) is 13.0 Å². The fraction of sp³-hybridized carbons (Fsp3) is 0.333. The van der Waals surface area contributed by atoms with Gasteiger partial charge in [-0.15, -0.1) is 0 Å². The Hall–Kier alpha value is -2.60. The normalized spacial score (nSPS) is 18.2. The summed E-state index contributed by atoms with van der Waals surface area (Å²) in [6.07, 6.45) is 5.20. The van der Waals surface area contributed by atoms with E-state index in [1.807, 2.05) is 53.2 Å². The van der Waals surface area contributed by atoms with Crippen molar-refractivity contribution in [2.45, 2.75) is 19.6 Å². The van der Waals surface area contributed by atoms with Gasteiger partial charge >= 0.3 is 0 Å². The van der Waals surface area contributed by atoms with Gasteiger partial charge in [0, 0.05) is 30.2 Å². The predicted molar refractivity (Wildman–Crippen MR) is 88.7 cm³/mol. The Morgan fingerprint density at radius 1 is 1.38 bits per heavy atom. The molecular formula is C18H19N3O3. The number of nitrogens with zero attached hydrogens (tertiary/aromatic N) is 3. The summed E-state index contributed by atoms with van der Waals surface area (Å²) in [5, 5.41) is 5.14. The highest BCUT2D eigenvalue weighted by Gasteiger charge is 2.28. The summed E-state index contributed by atoms with van der Waals surface area (Å²) < 4.78 is 13.2. The first-order valence-corrected chi connectivity index (χ1v) is 8.15. The van der Waals surface area contributed by atoms with Crippen LogP contribution in [0.5, 0.6) is 0 Å². The van der Waals surface area contributed by atoms with Crippen molar-refractivity contribution in [1.82, 2.24) is 14.7 Å². The average Bonchev–Trinajstić information content (AvgIpc) is 3.28. The van der Waals surface area contributed by atoms with Crippen LogP contribution in [-0.2, 0) is 11.3 Å². The zero-order valence-electron chi connectivity index (χ0n) is 13.5. The third-order valence-corrected chi connectivity index (χ3v) is 4.41. The Balaban J connectivity index is 1.56. The highest BCUT2D eigenvalue weighted by molar-refractivity contribution is 6.05. The Bertz CT molecular complexity index is 867. The summed E-state index contributed by atoms with van der Waals surface area (Å²) >= 11 is 0. The molecule has 0 bridgehead atoms. The van der Waals surface area contributed by atoms with E-state index in [4.69, 9.17) is 9.15 Å². The molecule has 1 saturated heterocycles. The van der Waals surface area contributed by atoms with Crippen molar-refractivity contribution in [2.75, 3.05) is 19.7 Å². The first kappa shape index (κ1) is 15.0. The molecule has 3 aromatic rings.